The van der Waals surface area contributed by atoms with Crippen LogP contribution in [0.3, 0.4) is 0 Å². The van der Waals surface area contributed by atoms with Gasteiger partial charge in [0.1, 0.15) is 17.4 Å². The summed E-state index contributed by atoms with van der Waals surface area (Å²) in [6.45, 7) is 18.0. The maximum atomic E-state index is 13.9. The largest absolute Gasteiger partial charge is 0.512 e. The lowest BCUT2D eigenvalue weighted by Gasteiger charge is -2.34. The third-order valence-electron chi connectivity index (χ3n) is 9.90. The van der Waals surface area contributed by atoms with E-state index in [1.807, 2.05) is 52.0 Å². The van der Waals surface area contributed by atoms with Crippen LogP contribution in [0.1, 0.15) is 86.3 Å². The first-order valence-electron chi connectivity index (χ1n) is 17.5. The van der Waals surface area contributed by atoms with Crippen molar-refractivity contribution in [1.29, 1.82) is 0 Å². The number of H-pyrrole nitrogens is 1. The smallest absolute Gasteiger partial charge is 0.464 e. The number of nitrogens with one attached hydrogen (secondary N) is 2. The highest BCUT2D eigenvalue weighted by atomic mass is 16.7. The topological polar surface area (TPSA) is 132 Å². The fourth-order valence-corrected chi connectivity index (χ4v) is 6.57. The lowest BCUT2D eigenvalue weighted by Crippen LogP contribution is -2.57. The molecular formula is C38H49BN4O7. The highest BCUT2D eigenvalue weighted by Gasteiger charge is 2.53. The summed E-state index contributed by atoms with van der Waals surface area (Å²) in [5.41, 5.74) is 6.31. The summed E-state index contributed by atoms with van der Waals surface area (Å²) in [7, 11) is -0.608. The van der Waals surface area contributed by atoms with E-state index in [1.54, 1.807) is 20.8 Å². The zero-order valence-corrected chi connectivity index (χ0v) is 30.7. The van der Waals surface area contributed by atoms with E-state index < -0.39 is 53.3 Å². The van der Waals surface area contributed by atoms with Crippen LogP contribution in [0.25, 0.3) is 22.0 Å². The van der Waals surface area contributed by atoms with Gasteiger partial charge in [-0.15, -0.1) is 0 Å². The van der Waals surface area contributed by atoms with Crippen LogP contribution in [0.5, 0.6) is 0 Å². The van der Waals surface area contributed by atoms with Crippen LogP contribution in [-0.2, 0) is 41.2 Å². The fraction of sp³-hybridized carbons (Fsp3) is 0.526. The minimum absolute atomic E-state index is 0.00981. The van der Waals surface area contributed by atoms with Gasteiger partial charge in [-0.05, 0) is 102 Å². The zero-order valence-electron chi connectivity index (χ0n) is 30.7. The van der Waals surface area contributed by atoms with Gasteiger partial charge in [-0.2, -0.15) is 4.99 Å². The van der Waals surface area contributed by atoms with Crippen molar-refractivity contribution in [3.05, 3.63) is 53.6 Å². The van der Waals surface area contributed by atoms with Crippen LogP contribution in [0.4, 0.5) is 4.79 Å². The lowest BCUT2D eigenvalue weighted by atomic mass is 9.76. The highest BCUT2D eigenvalue weighted by molar-refractivity contribution is 6.62. The Morgan fingerprint density at radius 1 is 1.00 bits per heavy atom. The molecule has 6 rings (SSSR count). The van der Waals surface area contributed by atoms with Gasteiger partial charge < -0.3 is 23.8 Å². The van der Waals surface area contributed by atoms with E-state index in [2.05, 4.69) is 47.4 Å². The number of fused-ring (bicyclic) bond motifs is 6. The average molecular weight is 685 g/mol. The van der Waals surface area contributed by atoms with E-state index in [0.29, 0.717) is 25.8 Å². The number of hydrogen-bond acceptors (Lipinski definition) is 8. The molecule has 3 aliphatic rings. The summed E-state index contributed by atoms with van der Waals surface area (Å²) in [5.74, 6) is -0.934. The van der Waals surface area contributed by atoms with Gasteiger partial charge in [0.25, 0.3) is 5.91 Å². The van der Waals surface area contributed by atoms with Crippen molar-refractivity contribution in [3.8, 4) is 11.1 Å². The van der Waals surface area contributed by atoms with E-state index in [1.165, 1.54) is 5.01 Å². The van der Waals surface area contributed by atoms with Crippen molar-refractivity contribution >= 4 is 47.3 Å². The molecule has 4 heterocycles. The van der Waals surface area contributed by atoms with Crippen molar-refractivity contribution in [1.82, 2.24) is 15.4 Å². The molecule has 0 saturated carbocycles. The molecule has 266 valence electrons. The van der Waals surface area contributed by atoms with E-state index in [4.69, 9.17) is 18.8 Å². The summed E-state index contributed by atoms with van der Waals surface area (Å²) in [6.07, 6.45) is 0.886. The molecule has 2 fully saturated rings. The van der Waals surface area contributed by atoms with Gasteiger partial charge in [-0.3, -0.25) is 14.6 Å². The molecule has 1 atom stereocenters. The molecule has 11 nitrogen and oxygen atoms in total. The van der Waals surface area contributed by atoms with Crippen molar-refractivity contribution in [2.24, 2.45) is 10.4 Å². The third-order valence-corrected chi connectivity index (χ3v) is 9.90. The number of aromatic amines is 1. The van der Waals surface area contributed by atoms with Gasteiger partial charge in [0.15, 0.2) is 0 Å². The highest BCUT2D eigenvalue weighted by Crippen LogP contribution is 2.38. The predicted molar refractivity (Wildman–Crippen MR) is 193 cm³/mol. The molecule has 0 spiro atoms. The van der Waals surface area contributed by atoms with Crippen LogP contribution in [-0.4, -0.2) is 76.8 Å². The van der Waals surface area contributed by atoms with Crippen LogP contribution in [0.2, 0.25) is 0 Å². The minimum atomic E-state index is -0.849. The number of nitrogens with zero attached hydrogens (tertiary/aromatic N) is 2. The molecule has 3 aliphatic heterocycles. The standard InChI is InChI=1S/C38H49BN4O7/c1-35(2,3)48-34(46)41-30-19-23-12-10-13-24(18-23)25-15-16-28-26(20-25)27(31(40-28)39-49-37(6,7)38(8,9)50-39)21-36(4,5)22-47-33(45)29-14-11-17-43(42-29)32(30)44/h10,12-13,15-16,18,20,29,40,42H,11,14,17,19,21-22H2,1-9H3/b41-30-/t29-/m0/s1. The van der Waals surface area contributed by atoms with Gasteiger partial charge in [0, 0.05) is 34.9 Å². The average Bonchev–Trinajstić information content (AvgIpc) is 3.48. The Bertz CT molecular complexity index is 1840. The van der Waals surface area contributed by atoms with Gasteiger partial charge in [0.05, 0.1) is 17.8 Å². The summed E-state index contributed by atoms with van der Waals surface area (Å²) < 4.78 is 24.4. The second-order valence-corrected chi connectivity index (χ2v) is 16.5. The monoisotopic (exact) mass is 684 g/mol. The number of aliphatic imine (C=N–C) groups is 1. The van der Waals surface area contributed by atoms with Gasteiger partial charge >= 0.3 is 19.2 Å². The molecule has 6 bridgehead atoms. The molecule has 0 unspecified atom stereocenters. The Labute approximate surface area is 294 Å². The second kappa shape index (κ2) is 13.0. The van der Waals surface area contributed by atoms with Crippen LogP contribution in [0, 0.1) is 5.41 Å². The number of ether oxygens (including phenoxy) is 2. The van der Waals surface area contributed by atoms with Gasteiger partial charge in [-0.25, -0.2) is 10.2 Å². The molecule has 50 heavy (non-hydrogen) atoms. The molecule has 0 radical (unpaired) electrons. The minimum Gasteiger partial charge on any atom is -0.464 e. The maximum Gasteiger partial charge on any atom is 0.512 e. The Morgan fingerprint density at radius 2 is 1.70 bits per heavy atom. The quantitative estimate of drug-likeness (QED) is 0.248. The van der Waals surface area contributed by atoms with Crippen molar-refractivity contribution in [3.63, 3.8) is 0 Å². The van der Waals surface area contributed by atoms with Crippen LogP contribution >= 0.6 is 0 Å². The number of rotatable bonds is 1. The number of benzene rings is 2. The van der Waals surface area contributed by atoms with Crippen molar-refractivity contribution in [2.75, 3.05) is 13.2 Å². The SMILES string of the molecule is CC1(C)COC(=O)[C@@H]2CCCN(N2)C(=O)/C(=N\C(=O)OC(C)(C)C)Cc2cccc(c2)-c2ccc3[nH]c(B4OC(C)(C)C(C)(C)O4)c(c3c2)C1. The van der Waals surface area contributed by atoms with E-state index >= 15 is 0 Å². The molecule has 2 saturated heterocycles. The van der Waals surface area contributed by atoms with Crippen LogP contribution in [0.15, 0.2) is 47.5 Å². The Kier molecular flexibility index (Phi) is 9.28. The first-order valence-corrected chi connectivity index (χ1v) is 17.5. The second-order valence-electron chi connectivity index (χ2n) is 16.5. The van der Waals surface area contributed by atoms with Gasteiger partial charge in [0.2, 0.25) is 0 Å². The number of hydrazine groups is 1. The number of carbonyl (C=O) groups excluding carboxylic acids is 3. The van der Waals surface area contributed by atoms with E-state index in [0.717, 1.165) is 38.8 Å². The third kappa shape index (κ3) is 7.52. The first-order chi connectivity index (χ1) is 23.3. The summed E-state index contributed by atoms with van der Waals surface area (Å²) in [5, 5.41) is 2.39. The number of cyclic esters (lactones) is 1. The molecule has 1 aromatic heterocycles. The number of aromatic nitrogens is 1. The molecule has 12 heteroatoms. The van der Waals surface area contributed by atoms with E-state index in [9.17, 15) is 14.4 Å². The van der Waals surface area contributed by atoms with Crippen molar-refractivity contribution < 1.29 is 33.2 Å². The lowest BCUT2D eigenvalue weighted by molar-refractivity contribution is -0.153. The normalized spacial score (nSPS) is 23.1. The number of esters is 1. The summed E-state index contributed by atoms with van der Waals surface area (Å²) >= 11 is 0. The molecule has 2 N–H and O–H groups in total. The fourth-order valence-electron chi connectivity index (χ4n) is 6.57. The number of carbonyl (C=O) groups is 3. The molecule has 3 aromatic rings. The number of amides is 2. The molecule has 2 aromatic carbocycles. The Balaban J connectivity index is 1.46. The summed E-state index contributed by atoms with van der Waals surface area (Å²) in [4.78, 5) is 48.1. The molecule has 0 aliphatic carbocycles. The van der Waals surface area contributed by atoms with Crippen molar-refractivity contribution in [2.45, 2.75) is 111 Å². The predicted octanol–water partition coefficient (Wildman–Crippen LogP) is 5.67. The zero-order chi connectivity index (χ0) is 36.2. The maximum absolute atomic E-state index is 13.9. The molecule has 2 amide bonds. The summed E-state index contributed by atoms with van der Waals surface area (Å²) in [6, 6.07) is 13.4. The van der Waals surface area contributed by atoms with Crippen LogP contribution < -0.4 is 11.0 Å². The Morgan fingerprint density at radius 3 is 2.40 bits per heavy atom. The first kappa shape index (κ1) is 35.8. The van der Waals surface area contributed by atoms with Gasteiger partial charge in [-0.1, -0.05) is 44.2 Å². The number of hydrogen-bond donors (Lipinski definition) is 2. The Hall–Kier alpha value is -4.00. The van der Waals surface area contributed by atoms with E-state index in [-0.39, 0.29) is 18.7 Å². The molecular weight excluding hydrogens is 635 g/mol.